The second-order valence-electron chi connectivity index (χ2n) is 2.61. The first-order chi connectivity index (χ1) is 6.77. The largest absolute Gasteiger partial charge is 0.227 e. The molecule has 2 rings (SSSR count). The van der Waals surface area contributed by atoms with E-state index >= 15 is 0 Å². The van der Waals surface area contributed by atoms with Gasteiger partial charge in [-0.3, -0.25) is 0 Å². The lowest BCUT2D eigenvalue weighted by Crippen LogP contribution is -1.93. The van der Waals surface area contributed by atoms with Gasteiger partial charge in [-0.2, -0.15) is 5.10 Å². The molecule has 72 valence electrons. The van der Waals surface area contributed by atoms with Crippen molar-refractivity contribution in [2.24, 2.45) is 0 Å². The summed E-state index contributed by atoms with van der Waals surface area (Å²) in [4.78, 5) is 4.08. The Morgan fingerprint density at radius 3 is 2.36 bits per heavy atom. The highest BCUT2D eigenvalue weighted by molar-refractivity contribution is 7.72. The molecule has 0 aliphatic rings. The van der Waals surface area contributed by atoms with Gasteiger partial charge in [0.15, 0.2) is 10.7 Å². The Morgan fingerprint density at radius 1 is 1.14 bits per heavy atom. The second kappa shape index (κ2) is 3.59. The summed E-state index contributed by atoms with van der Waals surface area (Å²) in [6.45, 7) is 0. The summed E-state index contributed by atoms with van der Waals surface area (Å²) in [5.74, 6) is 0. The molecule has 14 heavy (non-hydrogen) atoms. The van der Waals surface area contributed by atoms with Crippen molar-refractivity contribution in [2.75, 3.05) is 0 Å². The highest BCUT2D eigenvalue weighted by atomic mass is 32.2. The lowest BCUT2D eigenvalue weighted by molar-refractivity contribution is 0.614. The first-order valence-electron chi connectivity index (χ1n) is 3.87. The molecule has 5 nitrogen and oxygen atoms in total. The number of hydrogen-bond donors (Lipinski definition) is 1. The molecule has 0 saturated carbocycles. The number of thiol groups is 1. The van der Waals surface area contributed by atoms with E-state index in [1.165, 1.54) is 18.5 Å². The Bertz CT molecular complexity index is 480. The topological polar surface area (TPSA) is 64.8 Å². The minimum atomic E-state index is -2.51. The molecule has 0 saturated heterocycles. The lowest BCUT2D eigenvalue weighted by atomic mass is 10.3. The summed E-state index contributed by atoms with van der Waals surface area (Å²) in [6, 6.07) is 6.41. The average Bonchev–Trinajstić information content (AvgIpc) is 2.71. The smallest absolute Gasteiger partial charge is 0.168 e. The maximum Gasteiger partial charge on any atom is 0.168 e. The first kappa shape index (κ1) is 8.89. The quantitative estimate of drug-likeness (QED) is 0.719. The molecule has 2 aromatic rings. The maximum absolute atomic E-state index is 10.6. The molecular formula is C8H7N3O2S. The van der Waals surface area contributed by atoms with E-state index in [1.54, 1.807) is 23.1 Å². The van der Waals surface area contributed by atoms with E-state index in [2.05, 4.69) is 10.1 Å². The van der Waals surface area contributed by atoms with Crippen LogP contribution in [0.2, 0.25) is 0 Å². The van der Waals surface area contributed by atoms with Crippen molar-refractivity contribution in [1.82, 2.24) is 14.8 Å². The second-order valence-corrected chi connectivity index (χ2v) is 3.64. The van der Waals surface area contributed by atoms with Crippen LogP contribution in [0, 0.1) is 0 Å². The van der Waals surface area contributed by atoms with E-state index in [4.69, 9.17) is 0 Å². The SMILES string of the molecule is O=[SH](=O)c1ccc(-n2cncn2)cc1. The molecule has 0 amide bonds. The molecule has 0 spiro atoms. The van der Waals surface area contributed by atoms with Crippen LogP contribution in [0.15, 0.2) is 41.8 Å². The minimum absolute atomic E-state index is 0.295. The van der Waals surface area contributed by atoms with Gasteiger partial charge in [-0.25, -0.2) is 18.1 Å². The summed E-state index contributed by atoms with van der Waals surface area (Å²) >= 11 is 0. The van der Waals surface area contributed by atoms with Gasteiger partial charge in [0.2, 0.25) is 0 Å². The van der Waals surface area contributed by atoms with Crippen LogP contribution in [0.5, 0.6) is 0 Å². The molecule has 0 atom stereocenters. The van der Waals surface area contributed by atoms with Crippen LogP contribution in [0.3, 0.4) is 0 Å². The van der Waals surface area contributed by atoms with E-state index in [-0.39, 0.29) is 0 Å². The summed E-state index contributed by atoms with van der Waals surface area (Å²) in [6.07, 6.45) is 2.97. The number of nitrogens with zero attached hydrogens (tertiary/aromatic N) is 3. The van der Waals surface area contributed by atoms with Crippen LogP contribution < -0.4 is 0 Å². The van der Waals surface area contributed by atoms with Crippen molar-refractivity contribution in [1.29, 1.82) is 0 Å². The van der Waals surface area contributed by atoms with Crippen molar-refractivity contribution in [2.45, 2.75) is 4.90 Å². The van der Waals surface area contributed by atoms with Crippen molar-refractivity contribution >= 4 is 10.7 Å². The Hall–Kier alpha value is -1.69. The van der Waals surface area contributed by atoms with Crippen LogP contribution in [-0.4, -0.2) is 23.2 Å². The van der Waals surface area contributed by atoms with E-state index < -0.39 is 10.7 Å². The van der Waals surface area contributed by atoms with Gasteiger partial charge in [0, 0.05) is 0 Å². The van der Waals surface area contributed by atoms with Crippen LogP contribution in [0.4, 0.5) is 0 Å². The van der Waals surface area contributed by atoms with Gasteiger partial charge in [-0.1, -0.05) is 0 Å². The molecule has 0 bridgehead atoms. The number of aromatic nitrogens is 3. The van der Waals surface area contributed by atoms with Gasteiger partial charge in [0.25, 0.3) is 0 Å². The Labute approximate surface area is 82.0 Å². The lowest BCUT2D eigenvalue weighted by Gasteiger charge is -1.98. The third kappa shape index (κ3) is 1.64. The molecular weight excluding hydrogens is 202 g/mol. The van der Waals surface area contributed by atoms with Crippen LogP contribution in [0.25, 0.3) is 5.69 Å². The number of rotatable bonds is 2. The monoisotopic (exact) mass is 209 g/mol. The molecule has 0 radical (unpaired) electrons. The van der Waals surface area contributed by atoms with Gasteiger partial charge in [0.1, 0.15) is 12.7 Å². The van der Waals surface area contributed by atoms with Gasteiger partial charge >= 0.3 is 0 Å². The maximum atomic E-state index is 10.6. The predicted octanol–water partition coefficient (Wildman–Crippen LogP) is 0.238. The fourth-order valence-electron chi connectivity index (χ4n) is 1.07. The van der Waals surface area contributed by atoms with E-state index in [1.807, 2.05) is 0 Å². The predicted molar refractivity (Wildman–Crippen MR) is 49.9 cm³/mol. The summed E-state index contributed by atoms with van der Waals surface area (Å²) < 4.78 is 22.8. The van der Waals surface area contributed by atoms with Crippen molar-refractivity contribution in [3.63, 3.8) is 0 Å². The summed E-state index contributed by atoms with van der Waals surface area (Å²) in [5, 5.41) is 3.92. The van der Waals surface area contributed by atoms with Crippen molar-refractivity contribution < 1.29 is 8.42 Å². The van der Waals surface area contributed by atoms with E-state index in [0.717, 1.165) is 5.69 Å². The Morgan fingerprint density at radius 2 is 1.86 bits per heavy atom. The van der Waals surface area contributed by atoms with Gasteiger partial charge in [-0.05, 0) is 24.3 Å². The Kier molecular flexibility index (Phi) is 2.28. The van der Waals surface area contributed by atoms with Gasteiger partial charge < -0.3 is 0 Å². The summed E-state index contributed by atoms with van der Waals surface area (Å²) in [7, 11) is -2.51. The highest BCUT2D eigenvalue weighted by Gasteiger charge is 1.97. The third-order valence-electron chi connectivity index (χ3n) is 1.74. The average molecular weight is 209 g/mol. The fraction of sp³-hybridized carbons (Fsp3) is 0. The number of hydrogen-bond acceptors (Lipinski definition) is 4. The van der Waals surface area contributed by atoms with Crippen molar-refractivity contribution in [3.05, 3.63) is 36.9 Å². The van der Waals surface area contributed by atoms with Gasteiger partial charge in [0.05, 0.1) is 10.6 Å². The highest BCUT2D eigenvalue weighted by Crippen LogP contribution is 2.08. The fourth-order valence-corrected chi connectivity index (χ4v) is 1.46. The van der Waals surface area contributed by atoms with E-state index in [0.29, 0.717) is 4.90 Å². The molecule has 0 aliphatic carbocycles. The zero-order valence-electron chi connectivity index (χ0n) is 7.07. The van der Waals surface area contributed by atoms with Crippen LogP contribution >= 0.6 is 0 Å². The van der Waals surface area contributed by atoms with Crippen molar-refractivity contribution in [3.8, 4) is 5.69 Å². The van der Waals surface area contributed by atoms with Gasteiger partial charge in [-0.15, -0.1) is 0 Å². The zero-order valence-corrected chi connectivity index (χ0v) is 7.96. The standard InChI is InChI=1S/C8H7N3O2S/c12-14(13)8-3-1-7(2-4-8)11-6-9-5-10-11/h1-6,14H. The van der Waals surface area contributed by atoms with Crippen LogP contribution in [0.1, 0.15) is 0 Å². The first-order valence-corrected chi connectivity index (χ1v) is 5.04. The molecule has 0 unspecified atom stereocenters. The third-order valence-corrected chi connectivity index (χ3v) is 2.46. The Balaban J connectivity index is 2.40. The number of benzene rings is 1. The van der Waals surface area contributed by atoms with E-state index in [9.17, 15) is 8.42 Å². The molecule has 6 heteroatoms. The molecule has 1 aromatic heterocycles. The molecule has 0 aliphatic heterocycles. The molecule has 1 aromatic carbocycles. The normalized spacial score (nSPS) is 10.6. The zero-order chi connectivity index (χ0) is 9.97. The molecule has 0 N–H and O–H groups in total. The molecule has 1 heterocycles. The van der Waals surface area contributed by atoms with Crippen LogP contribution in [-0.2, 0) is 10.7 Å². The minimum Gasteiger partial charge on any atom is -0.227 e. The molecule has 0 fully saturated rings. The summed E-state index contributed by atoms with van der Waals surface area (Å²) in [5.41, 5.74) is 0.781.